The summed E-state index contributed by atoms with van der Waals surface area (Å²) in [4.78, 5) is 23.3. The van der Waals surface area contributed by atoms with Gasteiger partial charge in [-0.2, -0.15) is 5.26 Å². The Bertz CT molecular complexity index is 1030. The quantitative estimate of drug-likeness (QED) is 0.725. The van der Waals surface area contributed by atoms with Gasteiger partial charge in [0.05, 0.1) is 21.8 Å². The lowest BCUT2D eigenvalue weighted by Crippen LogP contribution is -2.38. The van der Waals surface area contributed by atoms with Crippen molar-refractivity contribution in [3.05, 3.63) is 47.7 Å². The van der Waals surface area contributed by atoms with Gasteiger partial charge in [-0.25, -0.2) is 9.97 Å². The van der Waals surface area contributed by atoms with E-state index >= 15 is 0 Å². The molecule has 2 N–H and O–H groups in total. The molecule has 1 unspecified atom stereocenters. The summed E-state index contributed by atoms with van der Waals surface area (Å²) in [6, 6.07) is 11.2. The van der Waals surface area contributed by atoms with E-state index < -0.39 is 0 Å². The van der Waals surface area contributed by atoms with E-state index in [0.29, 0.717) is 22.1 Å². The molecule has 7 nitrogen and oxygen atoms in total. The number of amides is 1. The molecule has 8 heteroatoms. The fourth-order valence-corrected chi connectivity index (χ4v) is 4.04. The highest BCUT2D eigenvalue weighted by molar-refractivity contribution is 7.22. The summed E-state index contributed by atoms with van der Waals surface area (Å²) < 4.78 is 0.928. The summed E-state index contributed by atoms with van der Waals surface area (Å²) in [7, 11) is 1.84. The van der Waals surface area contributed by atoms with Crippen molar-refractivity contribution in [1.82, 2.24) is 20.2 Å². The van der Waals surface area contributed by atoms with Crippen LogP contribution in [0.3, 0.4) is 0 Å². The van der Waals surface area contributed by atoms with Crippen LogP contribution < -0.4 is 10.6 Å². The van der Waals surface area contributed by atoms with Crippen LogP contribution in [0.1, 0.15) is 22.3 Å². The zero-order chi connectivity index (χ0) is 18.8. The zero-order valence-electron chi connectivity index (χ0n) is 14.8. The predicted molar refractivity (Wildman–Crippen MR) is 105 cm³/mol. The van der Waals surface area contributed by atoms with Gasteiger partial charge in [-0.05, 0) is 43.3 Å². The molecule has 27 heavy (non-hydrogen) atoms. The van der Waals surface area contributed by atoms with Crippen LogP contribution >= 0.6 is 11.3 Å². The van der Waals surface area contributed by atoms with Crippen molar-refractivity contribution in [2.45, 2.75) is 12.5 Å². The lowest BCUT2D eigenvalue weighted by atomic mass is 10.2. The van der Waals surface area contributed by atoms with Gasteiger partial charge in [0.1, 0.15) is 5.82 Å². The van der Waals surface area contributed by atoms with Crippen LogP contribution in [0.25, 0.3) is 10.2 Å². The Hall–Kier alpha value is -3.02. The highest BCUT2D eigenvalue weighted by Crippen LogP contribution is 2.28. The molecular formula is C19H18N6OS. The molecule has 1 aliphatic heterocycles. The minimum absolute atomic E-state index is 0.0166. The van der Waals surface area contributed by atoms with E-state index in [9.17, 15) is 4.79 Å². The number of nitrogens with zero attached hydrogens (tertiary/aromatic N) is 4. The molecule has 1 fully saturated rings. The number of hydrogen-bond acceptors (Lipinski definition) is 7. The third-order valence-electron chi connectivity index (χ3n) is 4.66. The first-order chi connectivity index (χ1) is 13.1. The number of thiazole rings is 1. The highest BCUT2D eigenvalue weighted by Gasteiger charge is 2.24. The number of nitriles is 1. The normalized spacial score (nSPS) is 16.2. The van der Waals surface area contributed by atoms with Crippen LogP contribution in [0.15, 0.2) is 36.5 Å². The molecule has 1 aromatic carbocycles. The van der Waals surface area contributed by atoms with E-state index in [-0.39, 0.29) is 11.9 Å². The maximum absolute atomic E-state index is 12.7. The molecule has 0 saturated carbocycles. The Morgan fingerprint density at radius 2 is 2.30 bits per heavy atom. The first kappa shape index (κ1) is 17.4. The van der Waals surface area contributed by atoms with E-state index in [1.807, 2.05) is 19.2 Å². The van der Waals surface area contributed by atoms with Crippen LogP contribution in [0.2, 0.25) is 0 Å². The molecular weight excluding hydrogens is 360 g/mol. The molecule has 2 aromatic heterocycles. The van der Waals surface area contributed by atoms with E-state index in [4.69, 9.17) is 5.26 Å². The minimum atomic E-state index is -0.0166. The van der Waals surface area contributed by atoms with Gasteiger partial charge in [-0.15, -0.1) is 0 Å². The Morgan fingerprint density at radius 1 is 1.41 bits per heavy atom. The van der Waals surface area contributed by atoms with Gasteiger partial charge in [-0.1, -0.05) is 11.3 Å². The van der Waals surface area contributed by atoms with Crippen LogP contribution in [-0.2, 0) is 0 Å². The van der Waals surface area contributed by atoms with Gasteiger partial charge in [0.15, 0.2) is 5.13 Å². The lowest BCUT2D eigenvalue weighted by molar-refractivity contribution is 0.0743. The molecule has 1 aliphatic rings. The van der Waals surface area contributed by atoms with E-state index in [0.717, 1.165) is 29.7 Å². The number of carbonyl (C=O) groups is 1. The van der Waals surface area contributed by atoms with E-state index in [1.165, 1.54) is 11.3 Å². The maximum atomic E-state index is 12.7. The largest absolute Gasteiger partial charge is 0.337 e. The summed E-state index contributed by atoms with van der Waals surface area (Å²) in [6.07, 6.45) is 2.59. The Morgan fingerprint density at radius 3 is 3.07 bits per heavy atom. The fraction of sp³-hybridized carbons (Fsp3) is 0.263. The number of carbonyl (C=O) groups excluding carboxylic acids is 1. The molecule has 0 radical (unpaired) electrons. The van der Waals surface area contributed by atoms with Crippen LogP contribution in [-0.4, -0.2) is 47.0 Å². The van der Waals surface area contributed by atoms with Crippen molar-refractivity contribution >= 4 is 38.4 Å². The summed E-state index contributed by atoms with van der Waals surface area (Å²) in [5, 5.41) is 16.1. The lowest BCUT2D eigenvalue weighted by Gasteiger charge is -2.23. The van der Waals surface area contributed by atoms with Crippen LogP contribution in [0, 0.1) is 11.3 Å². The molecule has 1 atom stereocenters. The van der Waals surface area contributed by atoms with Crippen LogP contribution in [0.4, 0.5) is 10.9 Å². The topological polar surface area (TPSA) is 93.9 Å². The third kappa shape index (κ3) is 3.60. The van der Waals surface area contributed by atoms with Crippen LogP contribution in [0.5, 0.6) is 0 Å². The number of likely N-dealkylation sites (N-methyl/N-ethyl adjacent to an activating group) is 1. The molecule has 0 bridgehead atoms. The average molecular weight is 378 g/mol. The number of fused-ring (bicyclic) bond motifs is 1. The monoisotopic (exact) mass is 378 g/mol. The molecule has 1 amide bonds. The third-order valence-corrected chi connectivity index (χ3v) is 5.60. The summed E-state index contributed by atoms with van der Waals surface area (Å²) >= 11 is 1.45. The smallest absolute Gasteiger partial charge is 0.254 e. The second-order valence-corrected chi connectivity index (χ2v) is 7.46. The summed E-state index contributed by atoms with van der Waals surface area (Å²) in [5.41, 5.74) is 2.02. The summed E-state index contributed by atoms with van der Waals surface area (Å²) in [5.74, 6) is 0.551. The van der Waals surface area contributed by atoms with Gasteiger partial charge in [0.25, 0.3) is 5.91 Å². The van der Waals surface area contributed by atoms with Gasteiger partial charge in [-0.3, -0.25) is 4.79 Å². The van der Waals surface area contributed by atoms with Gasteiger partial charge in [0.2, 0.25) is 0 Å². The van der Waals surface area contributed by atoms with E-state index in [1.54, 1.807) is 29.3 Å². The number of rotatable bonds is 4. The van der Waals surface area contributed by atoms with Crippen molar-refractivity contribution in [1.29, 1.82) is 5.26 Å². The first-order valence-corrected chi connectivity index (χ1v) is 9.47. The number of pyridine rings is 1. The molecule has 4 rings (SSSR count). The van der Waals surface area contributed by atoms with Crippen molar-refractivity contribution in [2.75, 3.05) is 25.5 Å². The molecule has 3 heterocycles. The second kappa shape index (κ2) is 7.31. The molecule has 3 aromatic rings. The second-order valence-electron chi connectivity index (χ2n) is 6.43. The molecule has 136 valence electrons. The van der Waals surface area contributed by atoms with Crippen molar-refractivity contribution in [2.24, 2.45) is 0 Å². The van der Waals surface area contributed by atoms with Gasteiger partial charge >= 0.3 is 0 Å². The van der Waals surface area contributed by atoms with Crippen molar-refractivity contribution < 1.29 is 4.79 Å². The number of benzene rings is 1. The predicted octanol–water partition coefficient (Wildman–Crippen LogP) is 2.74. The maximum Gasteiger partial charge on any atom is 0.254 e. The minimum Gasteiger partial charge on any atom is -0.337 e. The van der Waals surface area contributed by atoms with Gasteiger partial charge < -0.3 is 15.5 Å². The molecule has 1 saturated heterocycles. The number of anilines is 2. The Balaban J connectivity index is 1.54. The SMILES string of the molecule is CN(C(=O)c1ccnc(Nc2nc3ccc(C#N)cc3s2)c1)C1CCNC1. The molecule has 0 spiro atoms. The highest BCUT2D eigenvalue weighted by atomic mass is 32.1. The first-order valence-electron chi connectivity index (χ1n) is 8.66. The zero-order valence-corrected chi connectivity index (χ0v) is 15.6. The van der Waals surface area contributed by atoms with Gasteiger partial charge in [0, 0.05) is 31.4 Å². The number of aromatic nitrogens is 2. The summed E-state index contributed by atoms with van der Waals surface area (Å²) in [6.45, 7) is 1.77. The number of hydrogen-bond donors (Lipinski definition) is 2. The standard InChI is InChI=1S/C19H18N6OS/c1-25(14-5-6-21-11-14)18(26)13-4-7-22-17(9-13)24-19-23-15-3-2-12(10-20)8-16(15)27-19/h2-4,7-9,14,21H,5-6,11H2,1H3,(H,22,23,24). The molecule has 0 aliphatic carbocycles. The average Bonchev–Trinajstić information content (AvgIpc) is 3.35. The van der Waals surface area contributed by atoms with Crippen molar-refractivity contribution in [3.63, 3.8) is 0 Å². The Labute approximate surface area is 160 Å². The van der Waals surface area contributed by atoms with Crippen molar-refractivity contribution in [3.8, 4) is 6.07 Å². The fourth-order valence-electron chi connectivity index (χ4n) is 3.13. The number of nitrogens with one attached hydrogen (secondary N) is 2. The van der Waals surface area contributed by atoms with E-state index in [2.05, 4.69) is 26.7 Å². The Kier molecular flexibility index (Phi) is 4.71.